The summed E-state index contributed by atoms with van der Waals surface area (Å²) in [5.41, 5.74) is 21.5. The molecule has 0 bridgehead atoms. The van der Waals surface area contributed by atoms with Gasteiger partial charge < -0.3 is 0 Å². The summed E-state index contributed by atoms with van der Waals surface area (Å²) in [6, 6.07) is 57.6. The van der Waals surface area contributed by atoms with Crippen LogP contribution in [0.2, 0.25) is 0 Å². The molecule has 7 aromatic rings. The summed E-state index contributed by atoms with van der Waals surface area (Å²) in [6.45, 7) is 12.8. The number of fused-ring (bicyclic) bond motifs is 10. The third-order valence-corrected chi connectivity index (χ3v) is 10.1. The fourth-order valence-corrected chi connectivity index (χ4v) is 7.50. The van der Waals surface area contributed by atoms with Crippen LogP contribution in [0, 0.1) is 41.5 Å². The number of hydrogen-bond acceptors (Lipinski definition) is 0. The van der Waals surface area contributed by atoms with Crippen molar-refractivity contribution in [3.05, 3.63) is 213 Å². The second-order valence-electron chi connectivity index (χ2n) is 13.8. The minimum absolute atomic E-state index is 0.199. The first-order valence-corrected chi connectivity index (χ1v) is 17.3. The topological polar surface area (TPSA) is 0 Å². The van der Waals surface area contributed by atoms with Crippen molar-refractivity contribution in [3.63, 3.8) is 0 Å². The molecule has 2 aliphatic carbocycles. The second-order valence-corrected chi connectivity index (χ2v) is 13.8. The molecule has 2 aliphatic rings. The Kier molecular flexibility index (Phi) is 8.66. The smallest absolute Gasteiger partial charge is 0.0619 e. The molecule has 0 aromatic heterocycles. The third-order valence-electron chi connectivity index (χ3n) is 10.1. The largest absolute Gasteiger partial charge is 0.0725 e. The van der Waals surface area contributed by atoms with E-state index in [0.717, 1.165) is 0 Å². The Labute approximate surface area is 292 Å². The summed E-state index contributed by atoms with van der Waals surface area (Å²) in [5, 5.41) is 0. The predicted molar refractivity (Wildman–Crippen MR) is 209 cm³/mol. The van der Waals surface area contributed by atoms with Crippen LogP contribution in [0.25, 0.3) is 33.4 Å². The van der Waals surface area contributed by atoms with Crippen LogP contribution in [0.1, 0.15) is 55.6 Å². The van der Waals surface area contributed by atoms with Crippen molar-refractivity contribution in [2.45, 2.75) is 47.0 Å². The molecule has 0 aliphatic heterocycles. The zero-order chi connectivity index (χ0) is 34.1. The number of rotatable bonds is 1. The predicted octanol–water partition coefficient (Wildman–Crippen LogP) is 12.9. The zero-order valence-corrected chi connectivity index (χ0v) is 29.5. The van der Waals surface area contributed by atoms with Gasteiger partial charge >= 0.3 is 0 Å². The Morgan fingerprint density at radius 1 is 0.265 bits per heavy atom. The lowest BCUT2D eigenvalue weighted by Crippen LogP contribution is -2.26. The SMILES string of the molecule is Cc1ccc(-c2ccc(C)cc2)cc1.Cc1ccc(C)cc1.Cc1ccc2c(c1)C1(c3ccccc3-2)c2ccccc2-c2ccc(C)cc21. The third kappa shape index (κ3) is 5.93. The molecule has 0 saturated carbocycles. The highest BCUT2D eigenvalue weighted by Gasteiger charge is 2.51. The van der Waals surface area contributed by atoms with Gasteiger partial charge in [0.25, 0.3) is 0 Å². The van der Waals surface area contributed by atoms with Crippen molar-refractivity contribution in [2.24, 2.45) is 0 Å². The van der Waals surface area contributed by atoms with Crippen LogP contribution in [-0.4, -0.2) is 0 Å². The summed E-state index contributed by atoms with van der Waals surface area (Å²) >= 11 is 0. The van der Waals surface area contributed by atoms with Gasteiger partial charge in [0.05, 0.1) is 5.41 Å². The van der Waals surface area contributed by atoms with Gasteiger partial charge in [-0.1, -0.05) is 191 Å². The van der Waals surface area contributed by atoms with Crippen LogP contribution < -0.4 is 0 Å². The number of aryl methyl sites for hydroxylation is 6. The van der Waals surface area contributed by atoms with Gasteiger partial charge in [0, 0.05) is 0 Å². The molecule has 49 heavy (non-hydrogen) atoms. The molecule has 0 radical (unpaired) electrons. The van der Waals surface area contributed by atoms with E-state index in [9.17, 15) is 0 Å². The van der Waals surface area contributed by atoms with Crippen molar-refractivity contribution in [3.8, 4) is 33.4 Å². The fourth-order valence-electron chi connectivity index (χ4n) is 7.50. The number of benzene rings is 7. The molecule has 0 heteroatoms. The molecule has 0 fully saturated rings. The zero-order valence-electron chi connectivity index (χ0n) is 29.5. The summed E-state index contributed by atoms with van der Waals surface area (Å²) in [5.74, 6) is 0. The van der Waals surface area contributed by atoms with E-state index in [0.29, 0.717) is 0 Å². The summed E-state index contributed by atoms with van der Waals surface area (Å²) in [4.78, 5) is 0. The first-order chi connectivity index (χ1) is 23.8. The van der Waals surface area contributed by atoms with Crippen molar-refractivity contribution < 1.29 is 0 Å². The van der Waals surface area contributed by atoms with E-state index < -0.39 is 0 Å². The Bertz CT molecular complexity index is 2080. The lowest BCUT2D eigenvalue weighted by atomic mass is 9.70. The van der Waals surface area contributed by atoms with E-state index in [2.05, 4.69) is 199 Å². The molecule has 0 amide bonds. The van der Waals surface area contributed by atoms with Crippen LogP contribution >= 0.6 is 0 Å². The Morgan fingerprint density at radius 2 is 0.551 bits per heavy atom. The van der Waals surface area contributed by atoms with Gasteiger partial charge in [-0.15, -0.1) is 0 Å². The molecular formula is C49H44. The van der Waals surface area contributed by atoms with Gasteiger partial charge in [-0.2, -0.15) is 0 Å². The van der Waals surface area contributed by atoms with E-state index in [1.807, 2.05) is 0 Å². The number of hydrogen-bond donors (Lipinski definition) is 0. The minimum atomic E-state index is -0.199. The maximum absolute atomic E-state index is 2.41. The highest BCUT2D eigenvalue weighted by molar-refractivity contribution is 5.95. The summed E-state index contributed by atoms with van der Waals surface area (Å²) in [6.07, 6.45) is 0. The lowest BCUT2D eigenvalue weighted by molar-refractivity contribution is 0.791. The van der Waals surface area contributed by atoms with Crippen LogP contribution in [0.3, 0.4) is 0 Å². The van der Waals surface area contributed by atoms with Gasteiger partial charge in [-0.05, 0) is 97.2 Å². The Balaban J connectivity index is 0.000000143. The van der Waals surface area contributed by atoms with E-state index in [4.69, 9.17) is 0 Å². The highest BCUT2D eigenvalue weighted by Crippen LogP contribution is 2.62. The quantitative estimate of drug-likeness (QED) is 0.169. The van der Waals surface area contributed by atoms with Crippen molar-refractivity contribution >= 4 is 0 Å². The molecule has 0 nitrogen and oxygen atoms in total. The van der Waals surface area contributed by atoms with Gasteiger partial charge in [-0.25, -0.2) is 0 Å². The molecule has 1 spiro atoms. The molecule has 0 heterocycles. The molecule has 9 rings (SSSR count). The van der Waals surface area contributed by atoms with E-state index >= 15 is 0 Å². The van der Waals surface area contributed by atoms with E-state index in [1.165, 1.54) is 89.0 Å². The average molecular weight is 633 g/mol. The van der Waals surface area contributed by atoms with Crippen LogP contribution in [0.4, 0.5) is 0 Å². The van der Waals surface area contributed by atoms with E-state index in [-0.39, 0.29) is 5.41 Å². The molecule has 0 N–H and O–H groups in total. The van der Waals surface area contributed by atoms with Crippen LogP contribution in [0.15, 0.2) is 158 Å². The van der Waals surface area contributed by atoms with Crippen LogP contribution in [0.5, 0.6) is 0 Å². The normalized spacial score (nSPS) is 12.4. The average Bonchev–Trinajstić information content (AvgIpc) is 3.57. The maximum atomic E-state index is 2.41. The first kappa shape index (κ1) is 32.1. The Morgan fingerprint density at radius 3 is 0.918 bits per heavy atom. The Hall–Kier alpha value is -5.46. The van der Waals surface area contributed by atoms with Gasteiger partial charge in [-0.3, -0.25) is 0 Å². The molecule has 0 unspecified atom stereocenters. The molecule has 0 atom stereocenters. The first-order valence-electron chi connectivity index (χ1n) is 17.3. The van der Waals surface area contributed by atoms with Crippen molar-refractivity contribution in [2.75, 3.05) is 0 Å². The van der Waals surface area contributed by atoms with Gasteiger partial charge in [0.2, 0.25) is 0 Å². The van der Waals surface area contributed by atoms with Gasteiger partial charge in [0.1, 0.15) is 0 Å². The minimum Gasteiger partial charge on any atom is -0.0619 e. The van der Waals surface area contributed by atoms with Crippen molar-refractivity contribution in [1.82, 2.24) is 0 Å². The fraction of sp³-hybridized carbons (Fsp3) is 0.143. The lowest BCUT2D eigenvalue weighted by Gasteiger charge is -2.30. The highest BCUT2D eigenvalue weighted by atomic mass is 14.5. The van der Waals surface area contributed by atoms with Gasteiger partial charge in [0.15, 0.2) is 0 Å². The van der Waals surface area contributed by atoms with E-state index in [1.54, 1.807) is 0 Å². The molecule has 0 saturated heterocycles. The standard InChI is InChI=1S/C27H20.C14H14.C8H10/c1-17-11-13-21-19-7-3-5-9-23(19)27(25(21)15-17)24-10-6-4-8-20(24)22-14-12-18(2)16-26(22)27;1-11-3-7-13(8-4-11)14-9-5-12(2)6-10-14;1-7-3-5-8(2)6-4-7/h3-16H,1-2H3;3-10H,1-2H3;3-6H,1-2H3. The summed E-state index contributed by atoms with van der Waals surface area (Å²) in [7, 11) is 0. The second kappa shape index (κ2) is 13.2. The van der Waals surface area contributed by atoms with Crippen molar-refractivity contribution in [1.29, 1.82) is 0 Å². The summed E-state index contributed by atoms with van der Waals surface area (Å²) < 4.78 is 0. The molecular weight excluding hydrogens is 589 g/mol. The molecule has 240 valence electrons. The monoisotopic (exact) mass is 632 g/mol. The van der Waals surface area contributed by atoms with Crippen LogP contribution in [-0.2, 0) is 5.41 Å². The maximum Gasteiger partial charge on any atom is 0.0725 e. The molecule has 7 aromatic carbocycles.